The second-order valence-electron chi connectivity index (χ2n) is 5.53. The molecule has 2 aromatic rings. The van der Waals surface area contributed by atoms with Crippen molar-refractivity contribution in [2.24, 2.45) is 0 Å². The molecule has 2 N–H and O–H groups in total. The van der Waals surface area contributed by atoms with E-state index in [9.17, 15) is 0 Å². The summed E-state index contributed by atoms with van der Waals surface area (Å²) in [5.74, 6) is 1.62. The van der Waals surface area contributed by atoms with Crippen LogP contribution in [0.1, 0.15) is 19.4 Å². The first-order valence-electron chi connectivity index (χ1n) is 7.09. The van der Waals surface area contributed by atoms with Gasteiger partial charge in [0.2, 0.25) is 5.95 Å². The molecule has 112 valence electrons. The second kappa shape index (κ2) is 6.43. The lowest BCUT2D eigenvalue weighted by atomic mass is 10.1. The molecule has 0 spiro atoms. The number of aromatic nitrogens is 2. The molecule has 21 heavy (non-hydrogen) atoms. The molecule has 0 fully saturated rings. The van der Waals surface area contributed by atoms with Crippen molar-refractivity contribution in [3.63, 3.8) is 0 Å². The lowest BCUT2D eigenvalue weighted by Gasteiger charge is -2.29. The summed E-state index contributed by atoms with van der Waals surface area (Å²) in [5.41, 5.74) is 7.98. The van der Waals surface area contributed by atoms with E-state index in [1.807, 2.05) is 43.3 Å². The van der Waals surface area contributed by atoms with Gasteiger partial charge in [0.25, 0.3) is 0 Å². The van der Waals surface area contributed by atoms with E-state index < -0.39 is 0 Å². The van der Waals surface area contributed by atoms with Crippen LogP contribution in [0.3, 0.4) is 0 Å². The number of para-hydroxylation sites is 1. The molecule has 0 atom stereocenters. The predicted molar refractivity (Wildman–Crippen MR) is 88.5 cm³/mol. The zero-order valence-corrected chi connectivity index (χ0v) is 13.1. The number of anilines is 3. The van der Waals surface area contributed by atoms with E-state index in [0.29, 0.717) is 12.0 Å². The number of nitrogen functional groups attached to an aromatic ring is 1. The number of rotatable bonds is 5. The Morgan fingerprint density at radius 2 is 1.86 bits per heavy atom. The topological polar surface area (TPSA) is 58.3 Å². The van der Waals surface area contributed by atoms with Crippen LogP contribution in [0.25, 0.3) is 0 Å². The fourth-order valence-electron chi connectivity index (χ4n) is 2.10. The molecule has 0 unspecified atom stereocenters. The van der Waals surface area contributed by atoms with E-state index in [1.165, 1.54) is 0 Å². The van der Waals surface area contributed by atoms with E-state index in [-0.39, 0.29) is 0 Å². The highest BCUT2D eigenvalue weighted by Crippen LogP contribution is 2.21. The third-order valence-corrected chi connectivity index (χ3v) is 3.34. The molecule has 0 radical (unpaired) electrons. The van der Waals surface area contributed by atoms with Crippen LogP contribution in [0.15, 0.2) is 36.5 Å². The fourth-order valence-corrected chi connectivity index (χ4v) is 2.10. The van der Waals surface area contributed by atoms with Gasteiger partial charge in [0.05, 0.1) is 0 Å². The highest BCUT2D eigenvalue weighted by atomic mass is 15.3. The molecule has 1 aromatic heterocycles. The molecule has 0 saturated heterocycles. The van der Waals surface area contributed by atoms with Crippen LogP contribution in [-0.2, 0) is 6.54 Å². The third-order valence-electron chi connectivity index (χ3n) is 3.34. The third kappa shape index (κ3) is 3.62. The number of nitrogens with two attached hydrogens (primary N) is 1. The first kappa shape index (κ1) is 15.1. The Labute approximate surface area is 126 Å². The minimum atomic E-state index is 0.314. The van der Waals surface area contributed by atoms with Gasteiger partial charge in [-0.2, -0.15) is 4.98 Å². The van der Waals surface area contributed by atoms with Gasteiger partial charge in [-0.3, -0.25) is 0 Å². The van der Waals surface area contributed by atoms with Crippen molar-refractivity contribution < 1.29 is 0 Å². The van der Waals surface area contributed by atoms with E-state index in [4.69, 9.17) is 5.73 Å². The van der Waals surface area contributed by atoms with Crippen LogP contribution in [-0.4, -0.2) is 30.1 Å². The first-order chi connectivity index (χ1) is 9.99. The van der Waals surface area contributed by atoms with E-state index in [1.54, 1.807) is 6.20 Å². The van der Waals surface area contributed by atoms with Crippen LogP contribution in [0.4, 0.5) is 17.5 Å². The molecule has 0 aliphatic rings. The molecule has 5 nitrogen and oxygen atoms in total. The standard InChI is InChI=1S/C16H23N5/c1-12(2)21(11-13-7-5-6-8-14(13)17)15-9-10-18-16(19-15)20(3)4/h5-10,12H,11,17H2,1-4H3. The second-order valence-corrected chi connectivity index (χ2v) is 5.53. The molecule has 0 bridgehead atoms. The summed E-state index contributed by atoms with van der Waals surface area (Å²) >= 11 is 0. The largest absolute Gasteiger partial charge is 0.398 e. The Morgan fingerprint density at radius 1 is 1.14 bits per heavy atom. The average Bonchev–Trinajstić information content (AvgIpc) is 2.46. The van der Waals surface area contributed by atoms with E-state index in [0.717, 1.165) is 23.6 Å². The molecular weight excluding hydrogens is 262 g/mol. The minimum Gasteiger partial charge on any atom is -0.398 e. The smallest absolute Gasteiger partial charge is 0.226 e. The Balaban J connectivity index is 2.31. The molecule has 2 rings (SSSR count). The van der Waals surface area contributed by atoms with Crippen LogP contribution >= 0.6 is 0 Å². The summed E-state index contributed by atoms with van der Waals surface area (Å²) in [5, 5.41) is 0. The molecule has 5 heteroatoms. The average molecular weight is 285 g/mol. The van der Waals surface area contributed by atoms with Gasteiger partial charge >= 0.3 is 0 Å². The summed E-state index contributed by atoms with van der Waals surface area (Å²) in [7, 11) is 3.88. The van der Waals surface area contributed by atoms with Crippen molar-refractivity contribution in [3.8, 4) is 0 Å². The van der Waals surface area contributed by atoms with Gasteiger partial charge in [-0.05, 0) is 31.5 Å². The van der Waals surface area contributed by atoms with Crippen molar-refractivity contribution in [1.82, 2.24) is 9.97 Å². The fraction of sp³-hybridized carbons (Fsp3) is 0.375. The Bertz CT molecular complexity index is 595. The summed E-state index contributed by atoms with van der Waals surface area (Å²) in [6, 6.07) is 10.2. The summed E-state index contributed by atoms with van der Waals surface area (Å²) in [6.07, 6.45) is 1.79. The highest BCUT2D eigenvalue weighted by Gasteiger charge is 2.15. The summed E-state index contributed by atoms with van der Waals surface area (Å²) < 4.78 is 0. The van der Waals surface area contributed by atoms with Crippen molar-refractivity contribution in [2.45, 2.75) is 26.4 Å². The molecule has 1 aromatic carbocycles. The first-order valence-corrected chi connectivity index (χ1v) is 7.09. The van der Waals surface area contributed by atoms with Gasteiger partial charge in [-0.1, -0.05) is 18.2 Å². The van der Waals surface area contributed by atoms with Gasteiger partial charge < -0.3 is 15.5 Å². The van der Waals surface area contributed by atoms with Crippen molar-refractivity contribution in [2.75, 3.05) is 29.6 Å². The lowest BCUT2D eigenvalue weighted by molar-refractivity contribution is 0.671. The van der Waals surface area contributed by atoms with Gasteiger partial charge in [-0.25, -0.2) is 4.98 Å². The van der Waals surface area contributed by atoms with Crippen molar-refractivity contribution in [1.29, 1.82) is 0 Å². The van der Waals surface area contributed by atoms with Crippen LogP contribution in [0, 0.1) is 0 Å². The molecule has 1 heterocycles. The lowest BCUT2D eigenvalue weighted by Crippen LogP contribution is -2.31. The van der Waals surface area contributed by atoms with Crippen LogP contribution in [0.2, 0.25) is 0 Å². The number of hydrogen-bond donors (Lipinski definition) is 1. The quantitative estimate of drug-likeness (QED) is 0.856. The number of benzene rings is 1. The van der Waals surface area contributed by atoms with Gasteiger partial charge in [0, 0.05) is 38.6 Å². The zero-order chi connectivity index (χ0) is 15.4. The number of hydrogen-bond acceptors (Lipinski definition) is 5. The SMILES string of the molecule is CC(C)N(Cc1ccccc1N)c1ccnc(N(C)C)n1. The van der Waals surface area contributed by atoms with Gasteiger partial charge in [0.15, 0.2) is 0 Å². The van der Waals surface area contributed by atoms with Gasteiger partial charge in [-0.15, -0.1) is 0 Å². The zero-order valence-electron chi connectivity index (χ0n) is 13.1. The van der Waals surface area contributed by atoms with Gasteiger partial charge in [0.1, 0.15) is 5.82 Å². The molecular formula is C16H23N5. The summed E-state index contributed by atoms with van der Waals surface area (Å²) in [4.78, 5) is 13.0. The Hall–Kier alpha value is -2.30. The molecule has 0 aliphatic carbocycles. The van der Waals surface area contributed by atoms with Crippen molar-refractivity contribution in [3.05, 3.63) is 42.1 Å². The van der Waals surface area contributed by atoms with Crippen LogP contribution in [0.5, 0.6) is 0 Å². The van der Waals surface area contributed by atoms with E-state index in [2.05, 4.69) is 34.8 Å². The Kier molecular flexibility index (Phi) is 4.62. The minimum absolute atomic E-state index is 0.314. The number of nitrogens with zero attached hydrogens (tertiary/aromatic N) is 4. The normalized spacial score (nSPS) is 10.7. The highest BCUT2D eigenvalue weighted by molar-refractivity contribution is 5.51. The van der Waals surface area contributed by atoms with Crippen molar-refractivity contribution >= 4 is 17.5 Å². The molecule has 0 amide bonds. The maximum absolute atomic E-state index is 6.06. The molecule has 0 saturated carbocycles. The summed E-state index contributed by atoms with van der Waals surface area (Å²) in [6.45, 7) is 5.03. The van der Waals surface area contributed by atoms with E-state index >= 15 is 0 Å². The predicted octanol–water partition coefficient (Wildman–Crippen LogP) is 2.54. The molecule has 0 aliphatic heterocycles. The van der Waals surface area contributed by atoms with Crippen LogP contribution < -0.4 is 15.5 Å². The Morgan fingerprint density at radius 3 is 2.48 bits per heavy atom. The maximum atomic E-state index is 6.06. The maximum Gasteiger partial charge on any atom is 0.226 e. The monoisotopic (exact) mass is 285 g/mol.